The van der Waals surface area contributed by atoms with Crippen molar-refractivity contribution in [3.05, 3.63) is 84.7 Å². The number of aliphatic hydroxyl groups is 1. The van der Waals surface area contributed by atoms with E-state index >= 15 is 0 Å². The van der Waals surface area contributed by atoms with Gasteiger partial charge in [-0.2, -0.15) is 0 Å². The molecule has 4 rings (SSSR count). The molecule has 0 aliphatic heterocycles. The van der Waals surface area contributed by atoms with E-state index in [-0.39, 0.29) is 10.4 Å². The van der Waals surface area contributed by atoms with Crippen LogP contribution in [0.1, 0.15) is 31.9 Å². The Kier molecular flexibility index (Phi) is 7.11. The van der Waals surface area contributed by atoms with Gasteiger partial charge in [0.15, 0.2) is 0 Å². The van der Waals surface area contributed by atoms with Crippen LogP contribution in [0.4, 0.5) is 11.4 Å². The zero-order valence-electron chi connectivity index (χ0n) is 19.8. The van der Waals surface area contributed by atoms with Crippen molar-refractivity contribution in [1.82, 2.24) is 14.9 Å². The van der Waals surface area contributed by atoms with Crippen LogP contribution in [0, 0.1) is 0 Å². The van der Waals surface area contributed by atoms with E-state index < -0.39 is 16.1 Å². The smallest absolute Gasteiger partial charge is 0.261 e. The van der Waals surface area contributed by atoms with Crippen LogP contribution in [0.3, 0.4) is 0 Å². The van der Waals surface area contributed by atoms with E-state index in [4.69, 9.17) is 5.73 Å². The van der Waals surface area contributed by atoms with Crippen molar-refractivity contribution in [3.63, 3.8) is 0 Å². The van der Waals surface area contributed by atoms with Crippen LogP contribution in [0.5, 0.6) is 0 Å². The molecule has 35 heavy (non-hydrogen) atoms. The number of aryl methyl sites for hydroxylation is 1. The molecule has 0 radical (unpaired) electrons. The maximum atomic E-state index is 12.6. The Morgan fingerprint density at radius 2 is 1.83 bits per heavy atom. The van der Waals surface area contributed by atoms with Gasteiger partial charge in [-0.15, -0.1) is 0 Å². The highest BCUT2D eigenvalue weighted by atomic mass is 32.2. The van der Waals surface area contributed by atoms with Crippen molar-refractivity contribution < 1.29 is 13.5 Å². The number of nitrogens with two attached hydrogens (primary N) is 1. The maximum Gasteiger partial charge on any atom is 0.261 e. The SMILES string of the molecule is CC(C)(CCn1cnc2cc(N)ccc21)NCC(O)c1cccc(NS(=O)(=O)c2ccccc2)c1. The van der Waals surface area contributed by atoms with Crippen molar-refractivity contribution in [2.24, 2.45) is 0 Å². The number of β-amino-alcohol motifs (C(OH)–C–C–N with tert-alkyl or cyclic N) is 1. The molecule has 5 N–H and O–H groups in total. The van der Waals surface area contributed by atoms with Gasteiger partial charge in [0.1, 0.15) is 0 Å². The number of benzene rings is 3. The van der Waals surface area contributed by atoms with E-state index in [0.717, 1.165) is 24.0 Å². The molecule has 3 aromatic carbocycles. The summed E-state index contributed by atoms with van der Waals surface area (Å²) in [6.45, 7) is 5.25. The van der Waals surface area contributed by atoms with E-state index in [1.54, 1.807) is 42.5 Å². The Hall–Kier alpha value is -3.40. The highest BCUT2D eigenvalue weighted by molar-refractivity contribution is 7.92. The summed E-state index contributed by atoms with van der Waals surface area (Å²) >= 11 is 0. The van der Waals surface area contributed by atoms with Gasteiger partial charge in [0, 0.05) is 30.0 Å². The maximum absolute atomic E-state index is 12.6. The monoisotopic (exact) mass is 493 g/mol. The molecule has 184 valence electrons. The topological polar surface area (TPSA) is 122 Å². The predicted molar refractivity (Wildman–Crippen MR) is 139 cm³/mol. The first-order valence-electron chi connectivity index (χ1n) is 11.4. The number of imidazole rings is 1. The lowest BCUT2D eigenvalue weighted by Gasteiger charge is -2.28. The van der Waals surface area contributed by atoms with Gasteiger partial charge >= 0.3 is 0 Å². The van der Waals surface area contributed by atoms with E-state index in [1.165, 1.54) is 12.1 Å². The largest absolute Gasteiger partial charge is 0.399 e. The molecule has 0 fully saturated rings. The summed E-state index contributed by atoms with van der Waals surface area (Å²) in [5.41, 5.74) is 9.21. The molecular weight excluding hydrogens is 462 g/mol. The van der Waals surface area contributed by atoms with Crippen LogP contribution in [0.15, 0.2) is 84.0 Å². The average molecular weight is 494 g/mol. The Bertz CT molecular complexity index is 1400. The number of nitrogens with one attached hydrogen (secondary N) is 2. The minimum atomic E-state index is -3.70. The third-order valence-corrected chi connectivity index (χ3v) is 7.37. The van der Waals surface area contributed by atoms with Crippen molar-refractivity contribution in [3.8, 4) is 0 Å². The van der Waals surface area contributed by atoms with E-state index in [1.807, 2.05) is 24.5 Å². The molecule has 8 nitrogen and oxygen atoms in total. The minimum absolute atomic E-state index is 0.184. The lowest BCUT2D eigenvalue weighted by Crippen LogP contribution is -2.42. The summed E-state index contributed by atoms with van der Waals surface area (Å²) in [7, 11) is -3.70. The number of nitrogen functional groups attached to an aromatic ring is 1. The molecule has 0 spiro atoms. The van der Waals surface area contributed by atoms with Crippen molar-refractivity contribution in [2.45, 2.75) is 43.4 Å². The van der Waals surface area contributed by atoms with Gasteiger partial charge in [0.2, 0.25) is 0 Å². The zero-order chi connectivity index (χ0) is 25.1. The van der Waals surface area contributed by atoms with Crippen molar-refractivity contribution in [1.29, 1.82) is 0 Å². The van der Waals surface area contributed by atoms with Crippen LogP contribution in [-0.4, -0.2) is 35.2 Å². The van der Waals surface area contributed by atoms with Crippen LogP contribution in [0.25, 0.3) is 11.0 Å². The van der Waals surface area contributed by atoms with Crippen LogP contribution >= 0.6 is 0 Å². The molecule has 1 aromatic heterocycles. The summed E-state index contributed by atoms with van der Waals surface area (Å²) in [5.74, 6) is 0. The van der Waals surface area contributed by atoms with Gasteiger partial charge < -0.3 is 20.7 Å². The molecule has 4 aromatic rings. The minimum Gasteiger partial charge on any atom is -0.399 e. The molecule has 1 heterocycles. The molecular formula is C26H31N5O3S. The number of rotatable bonds is 10. The third kappa shape index (κ3) is 6.19. The Morgan fingerprint density at radius 1 is 1.06 bits per heavy atom. The van der Waals surface area contributed by atoms with Crippen LogP contribution in [0.2, 0.25) is 0 Å². The lowest BCUT2D eigenvalue weighted by molar-refractivity contribution is 0.158. The van der Waals surface area contributed by atoms with Crippen LogP contribution < -0.4 is 15.8 Å². The van der Waals surface area contributed by atoms with Gasteiger partial charge in [-0.3, -0.25) is 4.72 Å². The molecule has 0 aliphatic rings. The second-order valence-electron chi connectivity index (χ2n) is 9.26. The van der Waals surface area contributed by atoms with E-state index in [2.05, 4.69) is 33.4 Å². The molecule has 0 bridgehead atoms. The lowest BCUT2D eigenvalue weighted by atomic mass is 9.99. The Morgan fingerprint density at radius 3 is 2.60 bits per heavy atom. The highest BCUT2D eigenvalue weighted by Gasteiger charge is 2.20. The zero-order valence-corrected chi connectivity index (χ0v) is 20.7. The first-order chi connectivity index (χ1) is 16.6. The molecule has 1 atom stereocenters. The molecule has 9 heteroatoms. The summed E-state index contributed by atoms with van der Waals surface area (Å²) in [5, 5.41) is 14.2. The van der Waals surface area contributed by atoms with Crippen molar-refractivity contribution >= 4 is 32.4 Å². The Balaban J connectivity index is 1.35. The number of hydrogen-bond acceptors (Lipinski definition) is 6. The van der Waals surface area contributed by atoms with Gasteiger partial charge in [0.25, 0.3) is 10.0 Å². The molecule has 0 amide bonds. The molecule has 0 saturated heterocycles. The van der Waals surface area contributed by atoms with Gasteiger partial charge in [-0.1, -0.05) is 30.3 Å². The fourth-order valence-corrected chi connectivity index (χ4v) is 4.93. The van der Waals surface area contributed by atoms with E-state index in [0.29, 0.717) is 23.5 Å². The molecule has 0 saturated carbocycles. The number of nitrogens with zero attached hydrogens (tertiary/aromatic N) is 2. The first kappa shape index (κ1) is 24.7. The normalized spacial score (nSPS) is 13.1. The second-order valence-corrected chi connectivity index (χ2v) is 10.9. The predicted octanol–water partition coefficient (Wildman–Crippen LogP) is 3.91. The number of fused-ring (bicyclic) bond motifs is 1. The molecule has 1 unspecified atom stereocenters. The Labute approximate surface area is 205 Å². The number of hydrogen-bond donors (Lipinski definition) is 4. The fraction of sp³-hybridized carbons (Fsp3) is 0.269. The number of anilines is 2. The summed E-state index contributed by atoms with van der Waals surface area (Å²) < 4.78 is 29.9. The highest BCUT2D eigenvalue weighted by Crippen LogP contribution is 2.22. The third-order valence-electron chi connectivity index (χ3n) is 5.97. The first-order valence-corrected chi connectivity index (χ1v) is 12.9. The van der Waals surface area contributed by atoms with Crippen LogP contribution in [-0.2, 0) is 16.6 Å². The van der Waals surface area contributed by atoms with Gasteiger partial charge in [0.05, 0.1) is 28.4 Å². The molecule has 0 aliphatic carbocycles. The summed E-state index contributed by atoms with van der Waals surface area (Å²) in [6, 6.07) is 20.7. The average Bonchev–Trinajstić information content (AvgIpc) is 3.24. The summed E-state index contributed by atoms with van der Waals surface area (Å²) in [6.07, 6.45) is 1.83. The number of aromatic nitrogens is 2. The van der Waals surface area contributed by atoms with E-state index in [9.17, 15) is 13.5 Å². The number of aliphatic hydroxyl groups excluding tert-OH is 1. The standard InChI is InChI=1S/C26H31N5O3S/c1-26(2,13-14-31-18-28-23-16-20(27)11-12-24(23)31)29-17-25(32)19-7-6-8-21(15-19)30-35(33,34)22-9-4-3-5-10-22/h3-12,15-16,18,25,29-30,32H,13-14,17,27H2,1-2H3. The fourth-order valence-electron chi connectivity index (χ4n) is 3.86. The van der Waals surface area contributed by atoms with Gasteiger partial charge in [-0.25, -0.2) is 13.4 Å². The quantitative estimate of drug-likeness (QED) is 0.249. The number of sulfonamides is 1. The second kappa shape index (κ2) is 10.1. The van der Waals surface area contributed by atoms with Crippen molar-refractivity contribution in [2.75, 3.05) is 17.0 Å². The van der Waals surface area contributed by atoms with Gasteiger partial charge in [-0.05, 0) is 68.3 Å². The summed E-state index contributed by atoms with van der Waals surface area (Å²) in [4.78, 5) is 4.60.